The van der Waals surface area contributed by atoms with Gasteiger partial charge in [0.1, 0.15) is 0 Å². The maximum atomic E-state index is 11.9. The Morgan fingerprint density at radius 3 is 2.83 bits per heavy atom. The van der Waals surface area contributed by atoms with Crippen LogP contribution in [0.15, 0.2) is 24.3 Å². The average molecular weight is 248 g/mol. The van der Waals surface area contributed by atoms with E-state index in [0.29, 0.717) is 6.61 Å². The number of benzene rings is 1. The van der Waals surface area contributed by atoms with Crippen LogP contribution in [0.25, 0.3) is 0 Å². The van der Waals surface area contributed by atoms with Crippen LogP contribution in [-0.4, -0.2) is 25.2 Å². The van der Waals surface area contributed by atoms with Crippen molar-refractivity contribution < 1.29 is 19.1 Å². The molecule has 0 aromatic heterocycles. The van der Waals surface area contributed by atoms with Crippen molar-refractivity contribution in [3.8, 4) is 0 Å². The summed E-state index contributed by atoms with van der Waals surface area (Å²) in [6, 6.07) is 7.84. The molecule has 1 aliphatic carbocycles. The predicted molar refractivity (Wildman–Crippen MR) is 65.1 cm³/mol. The maximum absolute atomic E-state index is 11.9. The quantitative estimate of drug-likeness (QED) is 0.763. The number of hydrogen-bond acceptors (Lipinski definition) is 4. The van der Waals surface area contributed by atoms with E-state index in [2.05, 4.69) is 0 Å². The molecule has 1 atom stereocenters. The smallest absolute Gasteiger partial charge is 0.344 e. The highest BCUT2D eigenvalue weighted by Crippen LogP contribution is 2.33. The largest absolute Gasteiger partial charge is 0.463 e. The summed E-state index contributed by atoms with van der Waals surface area (Å²) in [4.78, 5) is 23.0. The Labute approximate surface area is 106 Å². The molecule has 4 nitrogen and oxygen atoms in total. The van der Waals surface area contributed by atoms with Crippen LogP contribution in [0.3, 0.4) is 0 Å². The molecule has 96 valence electrons. The van der Waals surface area contributed by atoms with Crippen molar-refractivity contribution in [1.82, 2.24) is 0 Å². The SMILES string of the molecule is CCOC(=O)COC(=O)C1CCc2ccccc21. The molecule has 0 heterocycles. The summed E-state index contributed by atoms with van der Waals surface area (Å²) < 4.78 is 9.69. The summed E-state index contributed by atoms with van der Waals surface area (Å²) >= 11 is 0. The Kier molecular flexibility index (Phi) is 3.97. The van der Waals surface area contributed by atoms with Gasteiger partial charge in [-0.1, -0.05) is 24.3 Å². The number of fused-ring (bicyclic) bond motifs is 1. The lowest BCUT2D eigenvalue weighted by molar-refractivity contribution is -0.159. The second-order valence-electron chi connectivity index (χ2n) is 4.20. The van der Waals surface area contributed by atoms with Gasteiger partial charge in [-0.05, 0) is 30.9 Å². The van der Waals surface area contributed by atoms with Crippen LogP contribution < -0.4 is 0 Å². The van der Waals surface area contributed by atoms with E-state index in [-0.39, 0.29) is 18.5 Å². The van der Waals surface area contributed by atoms with E-state index in [1.54, 1.807) is 6.92 Å². The lowest BCUT2D eigenvalue weighted by Gasteiger charge is -2.10. The zero-order valence-electron chi connectivity index (χ0n) is 10.3. The van der Waals surface area contributed by atoms with Crippen molar-refractivity contribution in [3.05, 3.63) is 35.4 Å². The molecule has 1 aliphatic rings. The van der Waals surface area contributed by atoms with Crippen LogP contribution in [0.5, 0.6) is 0 Å². The lowest BCUT2D eigenvalue weighted by Crippen LogP contribution is -2.20. The Hall–Kier alpha value is -1.84. The molecule has 0 saturated carbocycles. The van der Waals surface area contributed by atoms with Gasteiger partial charge in [-0.2, -0.15) is 0 Å². The minimum absolute atomic E-state index is 0.240. The van der Waals surface area contributed by atoms with Crippen LogP contribution in [0, 0.1) is 0 Å². The first-order valence-corrected chi connectivity index (χ1v) is 6.12. The molecular formula is C14H16O4. The van der Waals surface area contributed by atoms with Gasteiger partial charge in [0.2, 0.25) is 0 Å². The van der Waals surface area contributed by atoms with Crippen molar-refractivity contribution in [2.45, 2.75) is 25.7 Å². The molecule has 0 saturated heterocycles. The highest BCUT2D eigenvalue weighted by molar-refractivity contribution is 5.82. The standard InChI is InChI=1S/C14H16O4/c1-2-17-13(15)9-18-14(16)12-8-7-10-5-3-4-6-11(10)12/h3-6,12H,2,7-9H2,1H3. The first-order chi connectivity index (χ1) is 8.72. The summed E-state index contributed by atoms with van der Waals surface area (Å²) in [5.41, 5.74) is 2.21. The molecule has 1 aromatic carbocycles. The number of carbonyl (C=O) groups excluding carboxylic acids is 2. The molecule has 4 heteroatoms. The third kappa shape index (κ3) is 2.70. The summed E-state index contributed by atoms with van der Waals surface area (Å²) in [6.45, 7) is 1.71. The Bertz CT molecular complexity index is 453. The molecule has 18 heavy (non-hydrogen) atoms. The van der Waals surface area contributed by atoms with Gasteiger partial charge in [0, 0.05) is 0 Å². The van der Waals surface area contributed by atoms with Crippen LogP contribution >= 0.6 is 0 Å². The Morgan fingerprint density at radius 2 is 2.06 bits per heavy atom. The number of hydrogen-bond donors (Lipinski definition) is 0. The van der Waals surface area contributed by atoms with E-state index in [1.165, 1.54) is 5.56 Å². The molecule has 0 bridgehead atoms. The molecule has 0 fully saturated rings. The van der Waals surface area contributed by atoms with E-state index in [1.807, 2.05) is 24.3 Å². The third-order valence-corrected chi connectivity index (χ3v) is 3.05. The number of ether oxygens (including phenoxy) is 2. The van der Waals surface area contributed by atoms with Gasteiger partial charge < -0.3 is 9.47 Å². The zero-order chi connectivity index (χ0) is 13.0. The highest BCUT2D eigenvalue weighted by atomic mass is 16.6. The van der Waals surface area contributed by atoms with Crippen LogP contribution in [-0.2, 0) is 25.5 Å². The third-order valence-electron chi connectivity index (χ3n) is 3.05. The first-order valence-electron chi connectivity index (χ1n) is 6.12. The van der Waals surface area contributed by atoms with Gasteiger partial charge in [0.05, 0.1) is 12.5 Å². The van der Waals surface area contributed by atoms with Gasteiger partial charge >= 0.3 is 11.9 Å². The molecule has 2 rings (SSSR count). The number of esters is 2. The number of rotatable bonds is 4. The van der Waals surface area contributed by atoms with E-state index < -0.39 is 5.97 Å². The van der Waals surface area contributed by atoms with E-state index in [9.17, 15) is 9.59 Å². The topological polar surface area (TPSA) is 52.6 Å². The first kappa shape index (κ1) is 12.6. The average Bonchev–Trinajstić information content (AvgIpc) is 2.80. The lowest BCUT2D eigenvalue weighted by atomic mass is 10.0. The minimum Gasteiger partial charge on any atom is -0.463 e. The fraction of sp³-hybridized carbons (Fsp3) is 0.429. The van der Waals surface area contributed by atoms with Gasteiger partial charge in [-0.25, -0.2) is 4.79 Å². The van der Waals surface area contributed by atoms with E-state index in [4.69, 9.17) is 9.47 Å². The van der Waals surface area contributed by atoms with Crippen molar-refractivity contribution >= 4 is 11.9 Å². The van der Waals surface area contributed by atoms with E-state index in [0.717, 1.165) is 18.4 Å². The highest BCUT2D eigenvalue weighted by Gasteiger charge is 2.29. The van der Waals surface area contributed by atoms with E-state index >= 15 is 0 Å². The van der Waals surface area contributed by atoms with Crippen molar-refractivity contribution in [2.75, 3.05) is 13.2 Å². The molecule has 0 N–H and O–H groups in total. The normalized spacial score (nSPS) is 17.1. The molecule has 1 aromatic rings. The van der Waals surface area contributed by atoms with Crippen molar-refractivity contribution in [1.29, 1.82) is 0 Å². The fourth-order valence-electron chi connectivity index (χ4n) is 2.24. The molecule has 1 unspecified atom stereocenters. The van der Waals surface area contributed by atoms with Gasteiger partial charge in [0.15, 0.2) is 6.61 Å². The van der Waals surface area contributed by atoms with Crippen molar-refractivity contribution in [2.24, 2.45) is 0 Å². The van der Waals surface area contributed by atoms with Crippen LogP contribution in [0.2, 0.25) is 0 Å². The number of aryl methyl sites for hydroxylation is 1. The fourth-order valence-corrected chi connectivity index (χ4v) is 2.24. The van der Waals surface area contributed by atoms with Gasteiger partial charge in [0.25, 0.3) is 0 Å². The maximum Gasteiger partial charge on any atom is 0.344 e. The summed E-state index contributed by atoms with van der Waals surface area (Å²) in [7, 11) is 0. The van der Waals surface area contributed by atoms with Gasteiger partial charge in [-0.15, -0.1) is 0 Å². The monoisotopic (exact) mass is 248 g/mol. The number of carbonyl (C=O) groups is 2. The molecule has 0 spiro atoms. The molecule has 0 radical (unpaired) electrons. The van der Waals surface area contributed by atoms with Crippen LogP contribution in [0.4, 0.5) is 0 Å². The van der Waals surface area contributed by atoms with Crippen LogP contribution in [0.1, 0.15) is 30.4 Å². The predicted octanol–water partition coefficient (Wildman–Crippen LogP) is 1.82. The summed E-state index contributed by atoms with van der Waals surface area (Å²) in [5, 5.41) is 0. The Morgan fingerprint density at radius 1 is 1.28 bits per heavy atom. The molecular weight excluding hydrogens is 232 g/mol. The molecule has 0 amide bonds. The minimum atomic E-state index is -0.503. The second-order valence-corrected chi connectivity index (χ2v) is 4.20. The van der Waals surface area contributed by atoms with Crippen molar-refractivity contribution in [3.63, 3.8) is 0 Å². The van der Waals surface area contributed by atoms with Gasteiger partial charge in [-0.3, -0.25) is 4.79 Å². The Balaban J connectivity index is 1.93. The second kappa shape index (κ2) is 5.67. The summed E-state index contributed by atoms with van der Waals surface area (Å²) in [5.74, 6) is -1.08. The zero-order valence-corrected chi connectivity index (χ0v) is 10.3. The summed E-state index contributed by atoms with van der Waals surface area (Å²) in [6.07, 6.45) is 1.64. The molecule has 0 aliphatic heterocycles.